The molecule has 0 aliphatic carbocycles. The second-order valence-corrected chi connectivity index (χ2v) is 11.5. The number of benzene rings is 3. The molecule has 1 saturated heterocycles. The van der Waals surface area contributed by atoms with Gasteiger partial charge in [-0.1, -0.05) is 12.1 Å². The van der Waals surface area contributed by atoms with E-state index in [4.69, 9.17) is 19.6 Å². The molecule has 0 aromatic heterocycles. The molecule has 1 heterocycles. The number of hydrogen-bond donors (Lipinski definition) is 3. The first-order valence-corrected chi connectivity index (χ1v) is 14.2. The van der Waals surface area contributed by atoms with Crippen molar-refractivity contribution in [3.8, 4) is 11.5 Å². The van der Waals surface area contributed by atoms with Crippen LogP contribution in [0, 0.1) is 11.2 Å². The summed E-state index contributed by atoms with van der Waals surface area (Å²) in [4.78, 5) is 27.8. The van der Waals surface area contributed by atoms with Crippen molar-refractivity contribution in [1.29, 1.82) is 5.41 Å². The van der Waals surface area contributed by atoms with Gasteiger partial charge in [-0.25, -0.2) is 9.18 Å². The zero-order valence-corrected chi connectivity index (χ0v) is 25.1. The highest BCUT2D eigenvalue weighted by molar-refractivity contribution is 5.88. The number of carbonyl (C=O) groups is 2. The fourth-order valence-electron chi connectivity index (χ4n) is 4.93. The van der Waals surface area contributed by atoms with Crippen LogP contribution in [-0.4, -0.2) is 54.5 Å². The molecule has 4 rings (SSSR count). The van der Waals surface area contributed by atoms with Gasteiger partial charge in [0.2, 0.25) is 5.91 Å². The molecule has 0 saturated carbocycles. The van der Waals surface area contributed by atoms with Gasteiger partial charge in [0.15, 0.2) is 0 Å². The van der Waals surface area contributed by atoms with Crippen molar-refractivity contribution < 1.29 is 28.2 Å². The summed E-state index contributed by atoms with van der Waals surface area (Å²) in [5, 5.41) is 14.2. The Kier molecular flexibility index (Phi) is 9.90. The molecule has 0 bridgehead atoms. The van der Waals surface area contributed by atoms with E-state index in [1.165, 1.54) is 23.2 Å². The standard InChI is InChI=1S/C33H39FN4O5/c1-21(36-31(39)29-10-7-17-38(29)32(40)43-33(2,3)4)30(22-8-6-9-26(18-22)41-5)42-27-15-16-28(23(19-27)20-35)37-25-13-11-24(34)12-14-25/h6,8-9,11-16,18-21,29-30,35,37H,7,10,17H2,1-5H3,(H,36,39)/t21-,29+,30-/m0/s1. The fourth-order valence-corrected chi connectivity index (χ4v) is 4.93. The molecule has 1 fully saturated rings. The molecule has 43 heavy (non-hydrogen) atoms. The number of hydrogen-bond acceptors (Lipinski definition) is 7. The fraction of sp³-hybridized carbons (Fsp3) is 0.364. The van der Waals surface area contributed by atoms with E-state index < -0.39 is 29.9 Å². The quantitative estimate of drug-likeness (QED) is 0.229. The number of likely N-dealkylation sites (tertiary alicyclic amines) is 1. The maximum Gasteiger partial charge on any atom is 0.410 e. The average Bonchev–Trinajstić information content (AvgIpc) is 3.47. The summed E-state index contributed by atoms with van der Waals surface area (Å²) >= 11 is 0. The highest BCUT2D eigenvalue weighted by atomic mass is 19.1. The molecular weight excluding hydrogens is 551 g/mol. The largest absolute Gasteiger partial charge is 0.497 e. The first-order chi connectivity index (χ1) is 20.5. The van der Waals surface area contributed by atoms with Crippen LogP contribution in [0.4, 0.5) is 20.6 Å². The molecule has 1 aliphatic rings. The van der Waals surface area contributed by atoms with E-state index in [1.807, 2.05) is 31.2 Å². The van der Waals surface area contributed by atoms with Crippen LogP contribution in [-0.2, 0) is 9.53 Å². The van der Waals surface area contributed by atoms with E-state index >= 15 is 0 Å². The molecule has 3 aromatic carbocycles. The van der Waals surface area contributed by atoms with Crippen LogP contribution in [0.1, 0.15) is 57.8 Å². The molecular formula is C33H39FN4O5. The van der Waals surface area contributed by atoms with Crippen LogP contribution in [0.15, 0.2) is 66.7 Å². The molecule has 3 N–H and O–H groups in total. The number of anilines is 2. The molecule has 3 atom stereocenters. The topological polar surface area (TPSA) is 113 Å². The second kappa shape index (κ2) is 13.6. The van der Waals surface area contributed by atoms with E-state index in [-0.39, 0.29) is 11.7 Å². The zero-order chi connectivity index (χ0) is 31.1. The first-order valence-electron chi connectivity index (χ1n) is 14.2. The van der Waals surface area contributed by atoms with Crippen LogP contribution in [0.25, 0.3) is 0 Å². The Morgan fingerprint density at radius 1 is 1.07 bits per heavy atom. The molecule has 2 amide bonds. The summed E-state index contributed by atoms with van der Waals surface area (Å²) in [6.07, 6.45) is 1.30. The third-order valence-electron chi connectivity index (χ3n) is 6.99. The van der Waals surface area contributed by atoms with Crippen molar-refractivity contribution in [3.05, 3.63) is 83.7 Å². The number of nitrogens with zero attached hydrogens (tertiary/aromatic N) is 1. The number of carbonyl (C=O) groups excluding carboxylic acids is 2. The maximum atomic E-state index is 13.5. The average molecular weight is 591 g/mol. The SMILES string of the molecule is COc1cccc([C@@H](Oc2ccc(Nc3ccc(F)cc3)c(C=N)c2)[C@H](C)NC(=O)[C@H]2CCCN2C(=O)OC(C)(C)C)c1. The summed E-state index contributed by atoms with van der Waals surface area (Å²) in [6, 6.07) is 17.5. The number of nitrogens with one attached hydrogen (secondary N) is 3. The lowest BCUT2D eigenvalue weighted by Crippen LogP contribution is -2.50. The van der Waals surface area contributed by atoms with E-state index in [0.717, 1.165) is 5.56 Å². The predicted molar refractivity (Wildman–Crippen MR) is 164 cm³/mol. The van der Waals surface area contributed by atoms with Crippen LogP contribution in [0.5, 0.6) is 11.5 Å². The van der Waals surface area contributed by atoms with Crippen molar-refractivity contribution in [1.82, 2.24) is 10.2 Å². The van der Waals surface area contributed by atoms with Crippen molar-refractivity contribution >= 4 is 29.6 Å². The van der Waals surface area contributed by atoms with Gasteiger partial charge in [0.25, 0.3) is 0 Å². The van der Waals surface area contributed by atoms with Gasteiger partial charge in [0.05, 0.1) is 13.2 Å². The number of amides is 2. The van der Waals surface area contributed by atoms with E-state index in [1.54, 1.807) is 58.2 Å². The number of rotatable bonds is 10. The van der Waals surface area contributed by atoms with Gasteiger partial charge in [-0.05, 0) is 101 Å². The number of ether oxygens (including phenoxy) is 3. The summed E-state index contributed by atoms with van der Waals surface area (Å²) in [7, 11) is 1.58. The molecule has 3 aromatic rings. The van der Waals surface area contributed by atoms with E-state index in [0.29, 0.717) is 47.8 Å². The van der Waals surface area contributed by atoms with Gasteiger partial charge in [0, 0.05) is 29.7 Å². The Morgan fingerprint density at radius 3 is 2.49 bits per heavy atom. The lowest BCUT2D eigenvalue weighted by Gasteiger charge is -2.31. The smallest absolute Gasteiger partial charge is 0.410 e. The molecule has 9 nitrogen and oxygen atoms in total. The molecule has 1 aliphatic heterocycles. The summed E-state index contributed by atoms with van der Waals surface area (Å²) in [5.41, 5.74) is 1.99. The minimum absolute atomic E-state index is 0.286. The van der Waals surface area contributed by atoms with Gasteiger partial charge >= 0.3 is 6.09 Å². The molecule has 10 heteroatoms. The minimum Gasteiger partial charge on any atom is -0.497 e. The van der Waals surface area contributed by atoms with Gasteiger partial charge in [-0.2, -0.15) is 0 Å². The summed E-state index contributed by atoms with van der Waals surface area (Å²) < 4.78 is 30.8. The highest BCUT2D eigenvalue weighted by Crippen LogP contribution is 2.31. The molecule has 0 spiro atoms. The third kappa shape index (κ3) is 8.24. The Bertz CT molecular complexity index is 1440. The van der Waals surface area contributed by atoms with Crippen molar-refractivity contribution in [2.24, 2.45) is 0 Å². The second-order valence-electron chi connectivity index (χ2n) is 11.5. The highest BCUT2D eigenvalue weighted by Gasteiger charge is 2.38. The summed E-state index contributed by atoms with van der Waals surface area (Å²) in [6.45, 7) is 7.68. The van der Waals surface area contributed by atoms with Gasteiger partial charge in [-0.3, -0.25) is 9.69 Å². The predicted octanol–water partition coefficient (Wildman–Crippen LogP) is 6.60. The lowest BCUT2D eigenvalue weighted by atomic mass is 10.0. The number of halogens is 1. The molecule has 0 unspecified atom stereocenters. The first kappa shape index (κ1) is 31.3. The molecule has 0 radical (unpaired) electrons. The molecule has 228 valence electrons. The van der Waals surface area contributed by atoms with Crippen molar-refractivity contribution in [2.75, 3.05) is 19.0 Å². The van der Waals surface area contributed by atoms with E-state index in [9.17, 15) is 14.0 Å². The van der Waals surface area contributed by atoms with Crippen LogP contribution >= 0.6 is 0 Å². The third-order valence-corrected chi connectivity index (χ3v) is 6.99. The monoisotopic (exact) mass is 590 g/mol. The van der Waals surface area contributed by atoms with Crippen LogP contribution in [0.3, 0.4) is 0 Å². The minimum atomic E-state index is -0.668. The Morgan fingerprint density at radius 2 is 1.81 bits per heavy atom. The summed E-state index contributed by atoms with van der Waals surface area (Å²) in [5.74, 6) is 0.493. The Hall–Kier alpha value is -4.60. The van der Waals surface area contributed by atoms with E-state index in [2.05, 4.69) is 10.6 Å². The number of methoxy groups -OCH3 is 1. The van der Waals surface area contributed by atoms with Gasteiger partial charge in [-0.15, -0.1) is 0 Å². The normalized spacial score (nSPS) is 16.1. The Balaban J connectivity index is 1.56. The van der Waals surface area contributed by atoms with Gasteiger partial charge < -0.3 is 30.3 Å². The Labute approximate surface area is 251 Å². The van der Waals surface area contributed by atoms with Crippen LogP contribution in [0.2, 0.25) is 0 Å². The van der Waals surface area contributed by atoms with Crippen LogP contribution < -0.4 is 20.1 Å². The zero-order valence-electron chi connectivity index (χ0n) is 25.1. The lowest BCUT2D eigenvalue weighted by molar-refractivity contribution is -0.126. The van der Waals surface area contributed by atoms with Crippen molar-refractivity contribution in [2.45, 2.75) is 64.3 Å². The van der Waals surface area contributed by atoms with Gasteiger partial charge in [0.1, 0.15) is 35.1 Å². The van der Waals surface area contributed by atoms with Crippen molar-refractivity contribution in [3.63, 3.8) is 0 Å². The maximum absolute atomic E-state index is 13.5.